The van der Waals surface area contributed by atoms with Crippen molar-refractivity contribution in [2.24, 2.45) is 0 Å². The second-order valence-electron chi connectivity index (χ2n) is 9.74. The van der Waals surface area contributed by atoms with Crippen LogP contribution in [-0.4, -0.2) is 73.1 Å². The molecule has 1 aliphatic rings. The molecule has 0 aliphatic carbocycles. The molecular formula is C30H32N6O3. The normalized spacial score (nSPS) is 14.7. The second kappa shape index (κ2) is 11.5. The lowest BCUT2D eigenvalue weighted by Gasteiger charge is -2.33. The number of piperazine rings is 1. The summed E-state index contributed by atoms with van der Waals surface area (Å²) in [6, 6.07) is 22.4. The van der Waals surface area contributed by atoms with E-state index in [2.05, 4.69) is 32.1 Å². The largest absolute Gasteiger partial charge is 0.467 e. The third-order valence-corrected chi connectivity index (χ3v) is 7.05. The third-order valence-electron chi connectivity index (χ3n) is 7.05. The van der Waals surface area contributed by atoms with Gasteiger partial charge in [0, 0.05) is 43.5 Å². The van der Waals surface area contributed by atoms with Crippen molar-refractivity contribution in [3.63, 3.8) is 0 Å². The number of nitrogens with one attached hydrogen (secondary N) is 1. The quantitative estimate of drug-likeness (QED) is 0.355. The first kappa shape index (κ1) is 26.1. The highest BCUT2D eigenvalue weighted by Crippen LogP contribution is 2.27. The summed E-state index contributed by atoms with van der Waals surface area (Å²) in [4.78, 5) is 39.2. The first-order valence-corrected chi connectivity index (χ1v) is 12.9. The van der Waals surface area contributed by atoms with Crippen LogP contribution < -0.4 is 16.0 Å². The molecule has 200 valence electrons. The number of aromatic nitrogens is 2. The van der Waals surface area contributed by atoms with Crippen LogP contribution in [0.1, 0.15) is 15.9 Å². The highest BCUT2D eigenvalue weighted by atomic mass is 16.5. The maximum Gasteiger partial charge on any atom is 0.328 e. The molecule has 9 heteroatoms. The number of esters is 1. The van der Waals surface area contributed by atoms with Gasteiger partial charge in [0.25, 0.3) is 5.91 Å². The molecule has 3 N–H and O–H groups in total. The van der Waals surface area contributed by atoms with E-state index >= 15 is 0 Å². The fourth-order valence-corrected chi connectivity index (χ4v) is 4.81. The zero-order valence-electron chi connectivity index (χ0n) is 22.1. The van der Waals surface area contributed by atoms with Crippen molar-refractivity contribution in [3.8, 4) is 11.1 Å². The number of nitrogen functional groups attached to an aromatic ring is 1. The van der Waals surface area contributed by atoms with Crippen LogP contribution in [0.25, 0.3) is 22.0 Å². The van der Waals surface area contributed by atoms with Crippen LogP contribution in [0.5, 0.6) is 0 Å². The molecule has 1 unspecified atom stereocenters. The van der Waals surface area contributed by atoms with Gasteiger partial charge in [0.05, 0.1) is 12.6 Å². The van der Waals surface area contributed by atoms with Gasteiger partial charge in [-0.3, -0.25) is 4.79 Å². The first-order valence-electron chi connectivity index (χ1n) is 12.9. The summed E-state index contributed by atoms with van der Waals surface area (Å²) >= 11 is 0. The van der Waals surface area contributed by atoms with Gasteiger partial charge in [-0.15, -0.1) is 0 Å². The second-order valence-corrected chi connectivity index (χ2v) is 9.74. The van der Waals surface area contributed by atoms with Crippen molar-refractivity contribution in [1.29, 1.82) is 0 Å². The Morgan fingerprint density at radius 3 is 2.33 bits per heavy atom. The van der Waals surface area contributed by atoms with E-state index < -0.39 is 17.9 Å². The average molecular weight is 525 g/mol. The van der Waals surface area contributed by atoms with E-state index in [0.717, 1.165) is 54.1 Å². The van der Waals surface area contributed by atoms with Crippen molar-refractivity contribution in [2.45, 2.75) is 12.5 Å². The van der Waals surface area contributed by atoms with Crippen molar-refractivity contribution in [3.05, 3.63) is 83.9 Å². The monoisotopic (exact) mass is 524 g/mol. The Labute approximate surface area is 227 Å². The standard InChI is InChI=1S/C30H32N6O3/c1-35-14-16-36(17-15-35)27-24-13-12-23(19-25(24)33-30(31)34-27)28(37)32-26(29(38)39-2)18-20-8-10-22(11-9-20)21-6-4-3-5-7-21/h3-13,19,26H,14-18H2,1-2H3,(H,32,37)(H2,31,33,34). The van der Waals surface area contributed by atoms with E-state index in [9.17, 15) is 9.59 Å². The number of likely N-dealkylation sites (N-methyl/N-ethyl adjacent to an activating group) is 1. The topological polar surface area (TPSA) is 114 Å². The SMILES string of the molecule is COC(=O)C(Cc1ccc(-c2ccccc2)cc1)NC(=O)c1ccc2c(N3CCN(C)CC3)nc(N)nc2c1. The van der Waals surface area contributed by atoms with Crippen molar-refractivity contribution < 1.29 is 14.3 Å². The van der Waals surface area contributed by atoms with E-state index in [-0.39, 0.29) is 5.95 Å². The third kappa shape index (κ3) is 5.99. The Bertz CT molecular complexity index is 1470. The number of hydrogen-bond acceptors (Lipinski definition) is 8. The van der Waals surface area contributed by atoms with Gasteiger partial charge in [0.2, 0.25) is 5.95 Å². The van der Waals surface area contributed by atoms with Crippen molar-refractivity contribution >= 4 is 34.5 Å². The number of amides is 1. The molecule has 39 heavy (non-hydrogen) atoms. The minimum absolute atomic E-state index is 0.153. The van der Waals surface area contributed by atoms with Crippen LogP contribution in [-0.2, 0) is 16.0 Å². The van der Waals surface area contributed by atoms with Crippen LogP contribution in [0.15, 0.2) is 72.8 Å². The number of nitrogens with zero attached hydrogens (tertiary/aromatic N) is 4. The Kier molecular flexibility index (Phi) is 7.69. The van der Waals surface area contributed by atoms with E-state index in [4.69, 9.17) is 10.5 Å². The number of hydrogen-bond donors (Lipinski definition) is 2. The van der Waals surface area contributed by atoms with Gasteiger partial charge >= 0.3 is 5.97 Å². The van der Waals surface area contributed by atoms with Gasteiger partial charge in [-0.25, -0.2) is 9.78 Å². The van der Waals surface area contributed by atoms with Crippen LogP contribution in [0.2, 0.25) is 0 Å². The van der Waals surface area contributed by atoms with E-state index in [1.807, 2.05) is 60.7 Å². The summed E-state index contributed by atoms with van der Waals surface area (Å²) in [5, 5.41) is 3.66. The van der Waals surface area contributed by atoms with Crippen LogP contribution in [0, 0.1) is 0 Å². The summed E-state index contributed by atoms with van der Waals surface area (Å²) in [6.45, 7) is 3.51. The molecule has 1 atom stereocenters. The molecule has 0 saturated carbocycles. The molecule has 9 nitrogen and oxygen atoms in total. The molecule has 1 fully saturated rings. The predicted octanol–water partition coefficient (Wildman–Crippen LogP) is 3.14. The highest BCUT2D eigenvalue weighted by Gasteiger charge is 2.24. The Balaban J connectivity index is 1.34. The molecule has 1 aliphatic heterocycles. The molecule has 1 saturated heterocycles. The summed E-state index contributed by atoms with van der Waals surface area (Å²) in [6.07, 6.45) is 0.295. The van der Waals surface area contributed by atoms with Crippen molar-refractivity contribution in [1.82, 2.24) is 20.2 Å². The number of anilines is 2. The van der Waals surface area contributed by atoms with Gasteiger partial charge in [-0.05, 0) is 41.9 Å². The zero-order valence-corrected chi connectivity index (χ0v) is 22.1. The number of carbonyl (C=O) groups excluding carboxylic acids is 2. The predicted molar refractivity (Wildman–Crippen MR) is 153 cm³/mol. The molecule has 0 radical (unpaired) electrons. The van der Waals surface area contributed by atoms with Crippen LogP contribution >= 0.6 is 0 Å². The Morgan fingerprint density at radius 2 is 1.64 bits per heavy atom. The average Bonchev–Trinajstić information content (AvgIpc) is 2.96. The van der Waals surface area contributed by atoms with E-state index in [0.29, 0.717) is 17.5 Å². The fraction of sp³-hybridized carbons (Fsp3) is 0.267. The van der Waals surface area contributed by atoms with Gasteiger partial charge in [-0.1, -0.05) is 54.6 Å². The Morgan fingerprint density at radius 1 is 0.949 bits per heavy atom. The zero-order chi connectivity index (χ0) is 27.4. The molecular weight excluding hydrogens is 492 g/mol. The number of rotatable bonds is 7. The Hall–Kier alpha value is -4.50. The molecule has 2 heterocycles. The number of carbonyl (C=O) groups is 2. The number of fused-ring (bicyclic) bond motifs is 1. The molecule has 0 spiro atoms. The summed E-state index contributed by atoms with van der Waals surface area (Å²) in [5.74, 6) is 0.0102. The summed E-state index contributed by atoms with van der Waals surface area (Å²) < 4.78 is 4.99. The number of nitrogens with two attached hydrogens (primary N) is 1. The summed E-state index contributed by atoms with van der Waals surface area (Å²) in [7, 11) is 3.41. The molecule has 3 aromatic carbocycles. The van der Waals surface area contributed by atoms with E-state index in [1.165, 1.54) is 7.11 Å². The molecule has 0 bridgehead atoms. The van der Waals surface area contributed by atoms with Crippen LogP contribution in [0.4, 0.5) is 11.8 Å². The summed E-state index contributed by atoms with van der Waals surface area (Å²) in [5.41, 5.74) is 10.1. The molecule has 1 aromatic heterocycles. The van der Waals surface area contributed by atoms with Crippen molar-refractivity contribution in [2.75, 3.05) is 51.0 Å². The molecule has 4 aromatic rings. The van der Waals surface area contributed by atoms with Gasteiger partial charge < -0.3 is 25.6 Å². The smallest absolute Gasteiger partial charge is 0.328 e. The van der Waals surface area contributed by atoms with Gasteiger partial charge in [-0.2, -0.15) is 4.98 Å². The molecule has 5 rings (SSSR count). The lowest BCUT2D eigenvalue weighted by Crippen LogP contribution is -2.45. The number of ether oxygens (including phenoxy) is 1. The number of methoxy groups -OCH3 is 1. The maximum absolute atomic E-state index is 13.2. The number of benzene rings is 3. The highest BCUT2D eigenvalue weighted by molar-refractivity contribution is 6.01. The van der Waals surface area contributed by atoms with E-state index in [1.54, 1.807) is 12.1 Å². The molecule has 1 amide bonds. The minimum Gasteiger partial charge on any atom is -0.467 e. The van der Waals surface area contributed by atoms with Crippen LogP contribution in [0.3, 0.4) is 0 Å². The lowest BCUT2D eigenvalue weighted by molar-refractivity contribution is -0.142. The maximum atomic E-state index is 13.2. The lowest BCUT2D eigenvalue weighted by atomic mass is 10.0. The minimum atomic E-state index is -0.850. The van der Waals surface area contributed by atoms with Gasteiger partial charge in [0.15, 0.2) is 0 Å². The van der Waals surface area contributed by atoms with Gasteiger partial charge in [0.1, 0.15) is 11.9 Å². The fourth-order valence-electron chi connectivity index (χ4n) is 4.81. The first-order chi connectivity index (χ1) is 18.9.